The predicted octanol–water partition coefficient (Wildman–Crippen LogP) is 5.23. The number of nitrogens with one attached hydrogen (secondary N) is 2. The molecule has 0 aromatic heterocycles. The van der Waals surface area contributed by atoms with Crippen LogP contribution in [0.5, 0.6) is 0 Å². The predicted molar refractivity (Wildman–Crippen MR) is 198 cm³/mol. The lowest BCUT2D eigenvalue weighted by Gasteiger charge is -2.48. The Labute approximate surface area is 288 Å². The Hall–Kier alpha value is -3.72. The van der Waals surface area contributed by atoms with Crippen molar-refractivity contribution in [1.82, 2.24) is 15.1 Å². The Morgan fingerprint density at radius 1 is 0.750 bits per heavy atom. The lowest BCUT2D eigenvalue weighted by atomic mass is 9.93. The van der Waals surface area contributed by atoms with E-state index in [1.165, 1.54) is 11.1 Å². The number of hydrogen-bond acceptors (Lipinski definition) is 6. The minimum Gasteiger partial charge on any atom is -0.374 e. The number of piperazine rings is 1. The van der Waals surface area contributed by atoms with Crippen molar-refractivity contribution in [3.8, 4) is 0 Å². The van der Waals surface area contributed by atoms with Crippen molar-refractivity contribution in [2.45, 2.75) is 89.4 Å². The summed E-state index contributed by atoms with van der Waals surface area (Å²) in [5.74, 6) is 0.473. The summed E-state index contributed by atoms with van der Waals surface area (Å²) in [5.41, 5.74) is 15.6. The zero-order valence-corrected chi connectivity index (χ0v) is 29.1. The van der Waals surface area contributed by atoms with E-state index in [0.29, 0.717) is 38.4 Å². The molecule has 8 heteroatoms. The third kappa shape index (κ3) is 11.8. The maximum absolute atomic E-state index is 14.7. The van der Waals surface area contributed by atoms with E-state index in [1.807, 2.05) is 71.6 Å². The van der Waals surface area contributed by atoms with Gasteiger partial charge in [-0.15, -0.1) is 0 Å². The Kier molecular flexibility index (Phi) is 15.4. The second-order valence-corrected chi connectivity index (χ2v) is 13.7. The van der Waals surface area contributed by atoms with E-state index in [-0.39, 0.29) is 23.9 Å². The van der Waals surface area contributed by atoms with Crippen molar-refractivity contribution in [3.63, 3.8) is 0 Å². The molecule has 260 valence electrons. The molecule has 1 saturated heterocycles. The minimum atomic E-state index is -0.582. The van der Waals surface area contributed by atoms with Crippen LogP contribution in [0.1, 0.15) is 63.5 Å². The molecule has 1 aliphatic heterocycles. The van der Waals surface area contributed by atoms with Crippen LogP contribution in [0.2, 0.25) is 0 Å². The SMILES string of the molecule is CC(C)CC1CN(C(=O)C(CCc2ccccc2)Nc2ccccc2)C(CCCCNCCN)CN1C(=O)C(N)CCc1ccccc1. The minimum absolute atomic E-state index is 0.00123. The van der Waals surface area contributed by atoms with Gasteiger partial charge in [-0.05, 0) is 80.7 Å². The quantitative estimate of drug-likeness (QED) is 0.132. The third-order valence-electron chi connectivity index (χ3n) is 9.35. The van der Waals surface area contributed by atoms with Crippen LogP contribution in [0.15, 0.2) is 91.0 Å². The van der Waals surface area contributed by atoms with Gasteiger partial charge in [0.2, 0.25) is 11.8 Å². The molecule has 1 aliphatic rings. The Bertz CT molecular complexity index is 1340. The van der Waals surface area contributed by atoms with Gasteiger partial charge < -0.3 is 31.9 Å². The van der Waals surface area contributed by atoms with E-state index in [2.05, 4.69) is 53.6 Å². The molecule has 0 saturated carbocycles. The Morgan fingerprint density at radius 3 is 1.92 bits per heavy atom. The highest BCUT2D eigenvalue weighted by Gasteiger charge is 2.41. The van der Waals surface area contributed by atoms with Gasteiger partial charge >= 0.3 is 0 Å². The molecule has 2 amide bonds. The molecular formula is C40H58N6O2. The monoisotopic (exact) mass is 654 g/mol. The van der Waals surface area contributed by atoms with Crippen LogP contribution in [0.4, 0.5) is 5.69 Å². The van der Waals surface area contributed by atoms with Crippen LogP contribution in [-0.2, 0) is 22.4 Å². The number of nitrogens with two attached hydrogens (primary N) is 2. The Balaban J connectivity index is 1.56. The van der Waals surface area contributed by atoms with Gasteiger partial charge in [-0.2, -0.15) is 0 Å². The number of carbonyl (C=O) groups excluding carboxylic acids is 2. The first-order valence-corrected chi connectivity index (χ1v) is 18.0. The number of benzene rings is 3. The first-order chi connectivity index (χ1) is 23.4. The summed E-state index contributed by atoms with van der Waals surface area (Å²) in [4.78, 5) is 32.9. The van der Waals surface area contributed by atoms with E-state index in [1.54, 1.807) is 0 Å². The highest BCUT2D eigenvalue weighted by molar-refractivity contribution is 5.86. The molecule has 1 fully saturated rings. The second kappa shape index (κ2) is 19.9. The van der Waals surface area contributed by atoms with E-state index < -0.39 is 12.1 Å². The van der Waals surface area contributed by atoms with Crippen LogP contribution < -0.4 is 22.1 Å². The topological polar surface area (TPSA) is 117 Å². The molecule has 0 bridgehead atoms. The highest BCUT2D eigenvalue weighted by atomic mass is 16.2. The normalized spacial score (nSPS) is 17.7. The van der Waals surface area contributed by atoms with Crippen molar-refractivity contribution < 1.29 is 9.59 Å². The molecule has 3 aromatic carbocycles. The molecule has 8 nitrogen and oxygen atoms in total. The third-order valence-corrected chi connectivity index (χ3v) is 9.35. The van der Waals surface area contributed by atoms with Crippen molar-refractivity contribution in [1.29, 1.82) is 0 Å². The standard InChI is InChI=1S/C40H58N6O2/c1-31(2)28-36-30-45(40(48)38(44-34-18-10-5-11-19-34)24-22-33-16-8-4-9-17-33)35(20-12-13-26-43-27-25-41)29-46(36)39(47)37(42)23-21-32-14-6-3-7-15-32/h3-11,14-19,31,35-38,43-44H,12-13,20-30,41-42H2,1-2H3. The van der Waals surface area contributed by atoms with Crippen molar-refractivity contribution in [2.24, 2.45) is 17.4 Å². The molecule has 0 radical (unpaired) electrons. The largest absolute Gasteiger partial charge is 0.374 e. The van der Waals surface area contributed by atoms with Gasteiger partial charge in [0.25, 0.3) is 0 Å². The molecule has 4 rings (SSSR count). The van der Waals surface area contributed by atoms with Crippen LogP contribution in [0.25, 0.3) is 0 Å². The molecule has 48 heavy (non-hydrogen) atoms. The molecule has 0 aliphatic carbocycles. The van der Waals surface area contributed by atoms with Crippen LogP contribution >= 0.6 is 0 Å². The van der Waals surface area contributed by atoms with Crippen molar-refractivity contribution in [2.75, 3.05) is 38.0 Å². The fourth-order valence-electron chi connectivity index (χ4n) is 6.79. The van der Waals surface area contributed by atoms with Gasteiger partial charge in [0, 0.05) is 44.0 Å². The fourth-order valence-corrected chi connectivity index (χ4v) is 6.79. The number of unbranched alkanes of at least 4 members (excludes halogenated alkanes) is 1. The number of anilines is 1. The molecule has 4 unspecified atom stereocenters. The molecule has 1 heterocycles. The van der Waals surface area contributed by atoms with Crippen molar-refractivity contribution >= 4 is 17.5 Å². The number of para-hydroxylation sites is 1. The maximum atomic E-state index is 14.7. The van der Waals surface area contributed by atoms with Gasteiger partial charge in [0.1, 0.15) is 6.04 Å². The lowest BCUT2D eigenvalue weighted by Crippen LogP contribution is -2.65. The summed E-state index contributed by atoms with van der Waals surface area (Å²) in [7, 11) is 0. The summed E-state index contributed by atoms with van der Waals surface area (Å²) in [6.45, 7) is 7.69. The number of rotatable bonds is 19. The summed E-state index contributed by atoms with van der Waals surface area (Å²) in [6.07, 6.45) is 6.39. The number of amides is 2. The average molecular weight is 655 g/mol. The summed E-state index contributed by atoms with van der Waals surface area (Å²) < 4.78 is 0. The number of aryl methyl sites for hydroxylation is 2. The summed E-state index contributed by atoms with van der Waals surface area (Å²) >= 11 is 0. The number of hydrogen-bond donors (Lipinski definition) is 4. The van der Waals surface area contributed by atoms with Gasteiger partial charge in [-0.3, -0.25) is 9.59 Å². The van der Waals surface area contributed by atoms with Gasteiger partial charge in [-0.25, -0.2) is 0 Å². The molecule has 3 aromatic rings. The van der Waals surface area contributed by atoms with E-state index in [4.69, 9.17) is 11.5 Å². The van der Waals surface area contributed by atoms with Crippen LogP contribution in [0.3, 0.4) is 0 Å². The highest BCUT2D eigenvalue weighted by Crippen LogP contribution is 2.27. The average Bonchev–Trinajstić information content (AvgIpc) is 3.11. The summed E-state index contributed by atoms with van der Waals surface area (Å²) in [5, 5.41) is 6.97. The second-order valence-electron chi connectivity index (χ2n) is 13.7. The lowest BCUT2D eigenvalue weighted by molar-refractivity contribution is -0.149. The van der Waals surface area contributed by atoms with Gasteiger partial charge in [-0.1, -0.05) is 99.1 Å². The number of nitrogens with zero attached hydrogens (tertiary/aromatic N) is 2. The zero-order chi connectivity index (χ0) is 34.1. The maximum Gasteiger partial charge on any atom is 0.245 e. The number of carbonyl (C=O) groups is 2. The first-order valence-electron chi connectivity index (χ1n) is 18.0. The molecule has 6 N–H and O–H groups in total. The zero-order valence-electron chi connectivity index (χ0n) is 29.1. The van der Waals surface area contributed by atoms with Crippen LogP contribution in [0, 0.1) is 5.92 Å². The van der Waals surface area contributed by atoms with E-state index >= 15 is 0 Å². The van der Waals surface area contributed by atoms with Gasteiger partial charge in [0.15, 0.2) is 0 Å². The molecule has 4 atom stereocenters. The first kappa shape index (κ1) is 37.1. The van der Waals surface area contributed by atoms with Crippen molar-refractivity contribution in [3.05, 3.63) is 102 Å². The van der Waals surface area contributed by atoms with E-state index in [9.17, 15) is 9.59 Å². The van der Waals surface area contributed by atoms with Crippen LogP contribution in [-0.4, -0.2) is 78.5 Å². The fraction of sp³-hybridized carbons (Fsp3) is 0.500. The Morgan fingerprint density at radius 2 is 1.31 bits per heavy atom. The van der Waals surface area contributed by atoms with Gasteiger partial charge in [0.05, 0.1) is 6.04 Å². The summed E-state index contributed by atoms with van der Waals surface area (Å²) in [6, 6.07) is 29.4. The smallest absolute Gasteiger partial charge is 0.245 e. The van der Waals surface area contributed by atoms with E-state index in [0.717, 1.165) is 57.3 Å². The molecular weight excluding hydrogens is 596 g/mol. The molecule has 0 spiro atoms.